The molecular weight excluding hydrogens is 312 g/mol. The number of hydrogen-bond acceptors (Lipinski definition) is 7. The van der Waals surface area contributed by atoms with Gasteiger partial charge in [-0.2, -0.15) is 0 Å². The lowest BCUT2D eigenvalue weighted by Crippen LogP contribution is -2.28. The van der Waals surface area contributed by atoms with E-state index in [9.17, 15) is 13.2 Å². The fraction of sp³-hybridized carbons (Fsp3) is 0.250. The van der Waals surface area contributed by atoms with Crippen LogP contribution < -0.4 is 11.1 Å². The van der Waals surface area contributed by atoms with Gasteiger partial charge in [0.25, 0.3) is 0 Å². The van der Waals surface area contributed by atoms with Crippen molar-refractivity contribution in [3.8, 4) is 0 Å². The molecule has 2 rings (SSSR count). The Morgan fingerprint density at radius 1 is 1.33 bits per heavy atom. The Morgan fingerprint density at radius 3 is 2.57 bits per heavy atom. The van der Waals surface area contributed by atoms with Gasteiger partial charge in [0.15, 0.2) is 5.25 Å². The summed E-state index contributed by atoms with van der Waals surface area (Å²) in [7, 11) is -4.02. The van der Waals surface area contributed by atoms with Crippen LogP contribution in [0, 0.1) is 0 Å². The molecule has 3 N–H and O–H groups in total. The van der Waals surface area contributed by atoms with Gasteiger partial charge in [0.1, 0.15) is 0 Å². The summed E-state index contributed by atoms with van der Waals surface area (Å²) in [5, 5.41) is 9.16. The first-order valence-electron chi connectivity index (χ1n) is 6.12. The molecule has 0 radical (unpaired) electrons. The molecule has 0 spiro atoms. The summed E-state index contributed by atoms with van der Waals surface area (Å²) in [6.45, 7) is 2.44. The Labute approximate surface area is 126 Å². The van der Waals surface area contributed by atoms with E-state index in [0.29, 0.717) is 17.2 Å². The number of rotatable bonds is 6. The van der Waals surface area contributed by atoms with Gasteiger partial charge in [-0.1, -0.05) is 41.7 Å². The molecule has 1 heterocycles. The second-order valence-corrected chi connectivity index (χ2v) is 7.33. The van der Waals surface area contributed by atoms with Crippen molar-refractivity contribution in [3.05, 3.63) is 35.9 Å². The lowest BCUT2D eigenvalue weighted by atomic mass is 10.1. The summed E-state index contributed by atoms with van der Waals surface area (Å²) in [4.78, 5) is 11.6. The molecule has 9 heteroatoms. The van der Waals surface area contributed by atoms with Gasteiger partial charge in [0, 0.05) is 6.54 Å². The van der Waals surface area contributed by atoms with Gasteiger partial charge in [-0.25, -0.2) is 8.42 Å². The third-order valence-corrected chi connectivity index (χ3v) is 5.96. The van der Waals surface area contributed by atoms with Crippen molar-refractivity contribution in [2.45, 2.75) is 16.5 Å². The third kappa shape index (κ3) is 3.19. The van der Waals surface area contributed by atoms with E-state index >= 15 is 0 Å². The van der Waals surface area contributed by atoms with E-state index in [1.165, 1.54) is 0 Å². The zero-order chi connectivity index (χ0) is 15.5. The number of primary amides is 1. The quantitative estimate of drug-likeness (QED) is 0.817. The van der Waals surface area contributed by atoms with E-state index in [2.05, 4.69) is 15.5 Å². The topological polar surface area (TPSA) is 115 Å². The Hall–Kier alpha value is -2.00. The van der Waals surface area contributed by atoms with Gasteiger partial charge in [0.2, 0.25) is 25.2 Å². The van der Waals surface area contributed by atoms with Crippen LogP contribution in [0.2, 0.25) is 0 Å². The lowest BCUT2D eigenvalue weighted by Gasteiger charge is -2.12. The number of hydrogen-bond donors (Lipinski definition) is 2. The SMILES string of the molecule is CCNc1nnc(S(=O)(=O)[C@@H](C(N)=O)c2ccccc2)s1. The second-order valence-electron chi connectivity index (χ2n) is 4.14. The molecule has 0 bridgehead atoms. The molecular formula is C12H14N4O3S2. The highest BCUT2D eigenvalue weighted by Crippen LogP contribution is 2.31. The Kier molecular flexibility index (Phi) is 4.53. The maximum Gasteiger partial charge on any atom is 0.240 e. The number of nitrogens with one attached hydrogen (secondary N) is 1. The van der Waals surface area contributed by atoms with Crippen LogP contribution in [-0.4, -0.2) is 31.1 Å². The largest absolute Gasteiger partial charge is 0.368 e. The molecule has 112 valence electrons. The zero-order valence-electron chi connectivity index (χ0n) is 11.2. The van der Waals surface area contributed by atoms with Gasteiger partial charge in [0.05, 0.1) is 0 Å². The van der Waals surface area contributed by atoms with Gasteiger partial charge in [-0.3, -0.25) is 4.79 Å². The first-order chi connectivity index (χ1) is 9.96. The third-order valence-electron chi connectivity index (χ3n) is 2.65. The highest BCUT2D eigenvalue weighted by molar-refractivity contribution is 7.94. The summed E-state index contributed by atoms with van der Waals surface area (Å²) in [6.07, 6.45) is 0. The molecule has 0 saturated heterocycles. The van der Waals surface area contributed by atoms with E-state index < -0.39 is 21.0 Å². The number of carbonyl (C=O) groups is 1. The fourth-order valence-electron chi connectivity index (χ4n) is 1.77. The highest BCUT2D eigenvalue weighted by atomic mass is 32.2. The molecule has 0 fully saturated rings. The first kappa shape index (κ1) is 15.4. The van der Waals surface area contributed by atoms with Crippen molar-refractivity contribution in [2.75, 3.05) is 11.9 Å². The van der Waals surface area contributed by atoms with Gasteiger partial charge in [-0.15, -0.1) is 10.2 Å². The van der Waals surface area contributed by atoms with Crippen LogP contribution in [0.15, 0.2) is 34.7 Å². The van der Waals surface area contributed by atoms with E-state index in [4.69, 9.17) is 5.73 Å². The number of sulfone groups is 1. The predicted octanol–water partition coefficient (Wildman–Crippen LogP) is 0.970. The zero-order valence-corrected chi connectivity index (χ0v) is 12.8. The van der Waals surface area contributed by atoms with E-state index in [1.54, 1.807) is 30.3 Å². The molecule has 0 aliphatic heterocycles. The average Bonchev–Trinajstić information content (AvgIpc) is 2.89. The maximum atomic E-state index is 12.6. The van der Waals surface area contributed by atoms with Gasteiger partial charge in [-0.05, 0) is 12.5 Å². The van der Waals surface area contributed by atoms with Crippen molar-refractivity contribution >= 4 is 32.2 Å². The number of nitrogens with zero attached hydrogens (tertiary/aromatic N) is 2. The van der Waals surface area contributed by atoms with Crippen LogP contribution in [0.4, 0.5) is 5.13 Å². The molecule has 0 aliphatic rings. The molecule has 1 amide bonds. The normalized spacial score (nSPS) is 12.8. The monoisotopic (exact) mass is 326 g/mol. The number of carbonyl (C=O) groups excluding carboxylic acids is 1. The first-order valence-corrected chi connectivity index (χ1v) is 8.48. The van der Waals surface area contributed by atoms with Crippen molar-refractivity contribution in [1.29, 1.82) is 0 Å². The molecule has 21 heavy (non-hydrogen) atoms. The van der Waals surface area contributed by atoms with Crippen molar-refractivity contribution < 1.29 is 13.2 Å². The van der Waals surface area contributed by atoms with E-state index in [0.717, 1.165) is 11.3 Å². The Bertz CT molecular complexity index is 728. The minimum Gasteiger partial charge on any atom is -0.368 e. The van der Waals surface area contributed by atoms with Gasteiger partial charge >= 0.3 is 0 Å². The van der Waals surface area contributed by atoms with Crippen molar-refractivity contribution in [1.82, 2.24) is 10.2 Å². The van der Waals surface area contributed by atoms with Crippen LogP contribution in [-0.2, 0) is 14.6 Å². The van der Waals surface area contributed by atoms with E-state index in [-0.39, 0.29) is 4.34 Å². The van der Waals surface area contributed by atoms with Crippen molar-refractivity contribution in [2.24, 2.45) is 5.73 Å². The maximum absolute atomic E-state index is 12.6. The summed E-state index contributed by atoms with van der Waals surface area (Å²) in [6, 6.07) is 8.09. The lowest BCUT2D eigenvalue weighted by molar-refractivity contribution is -0.117. The molecule has 0 unspecified atom stereocenters. The van der Waals surface area contributed by atoms with Crippen LogP contribution in [0.5, 0.6) is 0 Å². The standard InChI is InChI=1S/C12H14N4O3S2/c1-2-14-11-15-16-12(20-11)21(18,19)9(10(13)17)8-6-4-3-5-7-8/h3-7,9H,2H2,1H3,(H2,13,17)(H,14,15)/t9-/m1/s1. The smallest absolute Gasteiger partial charge is 0.240 e. The number of anilines is 1. The second kappa shape index (κ2) is 6.19. The summed E-state index contributed by atoms with van der Waals surface area (Å²) >= 11 is 0.876. The molecule has 1 aromatic heterocycles. The molecule has 0 aliphatic carbocycles. The van der Waals surface area contributed by atoms with Crippen LogP contribution in [0.1, 0.15) is 17.7 Å². The minimum absolute atomic E-state index is 0.230. The van der Waals surface area contributed by atoms with Crippen LogP contribution >= 0.6 is 11.3 Å². The van der Waals surface area contributed by atoms with Gasteiger partial charge < -0.3 is 11.1 Å². The van der Waals surface area contributed by atoms with E-state index in [1.807, 2.05) is 6.92 Å². The van der Waals surface area contributed by atoms with Crippen LogP contribution in [0.3, 0.4) is 0 Å². The summed E-state index contributed by atoms with van der Waals surface area (Å²) in [5.41, 5.74) is 5.59. The summed E-state index contributed by atoms with van der Waals surface area (Å²) in [5.74, 6) is -0.943. The van der Waals surface area contributed by atoms with Crippen molar-refractivity contribution in [3.63, 3.8) is 0 Å². The molecule has 1 atom stereocenters. The Morgan fingerprint density at radius 2 is 2.00 bits per heavy atom. The number of aromatic nitrogens is 2. The predicted molar refractivity (Wildman–Crippen MR) is 79.6 cm³/mol. The minimum atomic E-state index is -4.02. The molecule has 7 nitrogen and oxygen atoms in total. The number of amides is 1. The average molecular weight is 326 g/mol. The highest BCUT2D eigenvalue weighted by Gasteiger charge is 2.36. The molecule has 1 aromatic carbocycles. The fourth-order valence-corrected chi connectivity index (χ4v) is 4.49. The summed E-state index contributed by atoms with van der Waals surface area (Å²) < 4.78 is 24.9. The number of nitrogens with two attached hydrogens (primary N) is 1. The Balaban J connectivity index is 2.45. The number of benzene rings is 1. The molecule has 2 aromatic rings. The van der Waals surface area contributed by atoms with Crippen LogP contribution in [0.25, 0.3) is 0 Å². The molecule has 0 saturated carbocycles.